The molecule has 0 amide bonds. The summed E-state index contributed by atoms with van der Waals surface area (Å²) < 4.78 is 0. The molecule has 3 rings (SSSR count). The van der Waals surface area contributed by atoms with Gasteiger partial charge in [-0.3, -0.25) is 4.99 Å². The lowest BCUT2D eigenvalue weighted by Gasteiger charge is -2.35. The molecule has 2 aromatic rings. The van der Waals surface area contributed by atoms with Gasteiger partial charge in [0.1, 0.15) is 0 Å². The van der Waals surface area contributed by atoms with Crippen LogP contribution in [0.1, 0.15) is 24.0 Å². The Morgan fingerprint density at radius 3 is 1.90 bits per heavy atom. The third-order valence-electron chi connectivity index (χ3n) is 3.89. The zero-order valence-electron chi connectivity index (χ0n) is 11.6. The highest BCUT2D eigenvalue weighted by Gasteiger charge is 2.39. The topological polar surface area (TPSA) is 50.4 Å². The van der Waals surface area contributed by atoms with Crippen LogP contribution in [-0.2, 0) is 0 Å². The minimum atomic E-state index is -0.188. The van der Waals surface area contributed by atoms with Crippen molar-refractivity contribution in [1.82, 2.24) is 5.32 Å². The highest BCUT2D eigenvalue weighted by atomic mass is 15.2. The summed E-state index contributed by atoms with van der Waals surface area (Å²) in [4.78, 5) is 4.34. The molecule has 1 unspecified atom stereocenters. The van der Waals surface area contributed by atoms with Gasteiger partial charge in [-0.15, -0.1) is 0 Å². The largest absolute Gasteiger partial charge is 0.370 e. The van der Waals surface area contributed by atoms with Crippen molar-refractivity contribution < 1.29 is 0 Å². The van der Waals surface area contributed by atoms with Gasteiger partial charge in [0.05, 0.1) is 12.1 Å². The molecule has 0 saturated carbocycles. The van der Waals surface area contributed by atoms with E-state index in [-0.39, 0.29) is 11.5 Å². The first-order valence-corrected chi connectivity index (χ1v) is 6.87. The Morgan fingerprint density at radius 1 is 1.00 bits per heavy atom. The Kier molecular flexibility index (Phi) is 3.18. The van der Waals surface area contributed by atoms with Crippen LogP contribution in [0.25, 0.3) is 0 Å². The molecule has 1 aliphatic rings. The molecule has 0 saturated heterocycles. The molecule has 3 N–H and O–H groups in total. The number of benzene rings is 2. The molecule has 0 aliphatic carbocycles. The maximum atomic E-state index is 5.84. The van der Waals surface area contributed by atoms with Gasteiger partial charge in [0.25, 0.3) is 0 Å². The Labute approximate surface area is 119 Å². The minimum Gasteiger partial charge on any atom is -0.370 e. The fraction of sp³-hybridized carbons (Fsp3) is 0.235. The third kappa shape index (κ3) is 2.27. The van der Waals surface area contributed by atoms with Crippen molar-refractivity contribution in [2.75, 3.05) is 6.54 Å². The van der Waals surface area contributed by atoms with Crippen molar-refractivity contribution in [2.24, 2.45) is 10.7 Å². The summed E-state index contributed by atoms with van der Waals surface area (Å²) in [7, 11) is 0. The zero-order valence-corrected chi connectivity index (χ0v) is 11.6. The number of nitrogens with one attached hydrogen (secondary N) is 1. The third-order valence-corrected chi connectivity index (χ3v) is 3.89. The first-order valence-electron chi connectivity index (χ1n) is 6.87. The second-order valence-corrected chi connectivity index (χ2v) is 5.50. The minimum absolute atomic E-state index is 0.188. The second-order valence-electron chi connectivity index (χ2n) is 5.50. The van der Waals surface area contributed by atoms with E-state index in [0.717, 1.165) is 0 Å². The van der Waals surface area contributed by atoms with Crippen LogP contribution in [0, 0.1) is 0 Å². The van der Waals surface area contributed by atoms with Crippen molar-refractivity contribution in [1.29, 1.82) is 0 Å². The summed E-state index contributed by atoms with van der Waals surface area (Å²) in [5.74, 6) is 0.749. The molecule has 102 valence electrons. The number of aliphatic imine (C=N–C) groups is 1. The molecule has 20 heavy (non-hydrogen) atoms. The van der Waals surface area contributed by atoms with Gasteiger partial charge >= 0.3 is 0 Å². The SMILES string of the molecule is CC1(C(c2ccccc2)c2ccccc2)CN=C(N)N1. The molecule has 0 aromatic heterocycles. The van der Waals surface area contributed by atoms with Gasteiger partial charge in [-0.2, -0.15) is 0 Å². The molecule has 0 bridgehead atoms. The van der Waals surface area contributed by atoms with Crippen molar-refractivity contribution in [3.05, 3.63) is 71.8 Å². The summed E-state index contributed by atoms with van der Waals surface area (Å²) >= 11 is 0. The fourth-order valence-electron chi connectivity index (χ4n) is 3.00. The van der Waals surface area contributed by atoms with Gasteiger partial charge in [0.15, 0.2) is 5.96 Å². The van der Waals surface area contributed by atoms with E-state index in [4.69, 9.17) is 5.73 Å². The summed E-state index contributed by atoms with van der Waals surface area (Å²) in [6, 6.07) is 21.1. The quantitative estimate of drug-likeness (QED) is 0.896. The van der Waals surface area contributed by atoms with Crippen LogP contribution in [-0.4, -0.2) is 18.0 Å². The smallest absolute Gasteiger partial charge is 0.189 e. The standard InChI is InChI=1S/C17H19N3/c1-17(12-19-16(18)20-17)15(13-8-4-2-5-9-13)14-10-6-3-7-11-14/h2-11,15H,12H2,1H3,(H3,18,19,20). The molecule has 3 heteroatoms. The van der Waals surface area contributed by atoms with Crippen LogP contribution in [0.15, 0.2) is 65.7 Å². The summed E-state index contributed by atoms with van der Waals surface area (Å²) in [5.41, 5.74) is 8.21. The van der Waals surface area contributed by atoms with Crippen LogP contribution in [0.5, 0.6) is 0 Å². The first kappa shape index (κ1) is 12.7. The molecule has 1 aliphatic heterocycles. The summed E-state index contributed by atoms with van der Waals surface area (Å²) in [5, 5.41) is 3.36. The number of hydrogen-bond acceptors (Lipinski definition) is 3. The molecule has 2 aromatic carbocycles. The lowest BCUT2D eigenvalue weighted by atomic mass is 9.76. The van der Waals surface area contributed by atoms with Crippen LogP contribution < -0.4 is 11.1 Å². The Hall–Kier alpha value is -2.29. The van der Waals surface area contributed by atoms with E-state index < -0.39 is 0 Å². The van der Waals surface area contributed by atoms with Gasteiger partial charge in [-0.25, -0.2) is 0 Å². The normalized spacial score (nSPS) is 21.6. The first-order chi connectivity index (χ1) is 9.69. The van der Waals surface area contributed by atoms with Crippen molar-refractivity contribution >= 4 is 5.96 Å². The fourth-order valence-corrected chi connectivity index (χ4v) is 3.00. The highest BCUT2D eigenvalue weighted by molar-refractivity contribution is 5.81. The number of rotatable bonds is 3. The van der Waals surface area contributed by atoms with Gasteiger partial charge < -0.3 is 11.1 Å². The molecular formula is C17H19N3. The van der Waals surface area contributed by atoms with Gasteiger partial charge in [-0.05, 0) is 18.1 Å². The van der Waals surface area contributed by atoms with E-state index in [2.05, 4.69) is 65.8 Å². The van der Waals surface area contributed by atoms with E-state index in [0.29, 0.717) is 12.5 Å². The maximum Gasteiger partial charge on any atom is 0.189 e. The van der Waals surface area contributed by atoms with Gasteiger partial charge in [0.2, 0.25) is 0 Å². The molecule has 0 radical (unpaired) electrons. The monoisotopic (exact) mass is 265 g/mol. The molecule has 0 fully saturated rings. The van der Waals surface area contributed by atoms with Crippen LogP contribution in [0.3, 0.4) is 0 Å². The van der Waals surface area contributed by atoms with Crippen molar-refractivity contribution in [2.45, 2.75) is 18.4 Å². The lowest BCUT2D eigenvalue weighted by Crippen LogP contribution is -2.50. The molecule has 1 atom stereocenters. The van der Waals surface area contributed by atoms with Crippen LogP contribution >= 0.6 is 0 Å². The van der Waals surface area contributed by atoms with Crippen LogP contribution in [0.4, 0.5) is 0 Å². The van der Waals surface area contributed by atoms with Gasteiger partial charge in [-0.1, -0.05) is 60.7 Å². The van der Waals surface area contributed by atoms with E-state index in [1.165, 1.54) is 11.1 Å². The lowest BCUT2D eigenvalue weighted by molar-refractivity contribution is 0.403. The summed E-state index contributed by atoms with van der Waals surface area (Å²) in [6.07, 6.45) is 0. The van der Waals surface area contributed by atoms with Gasteiger partial charge in [0, 0.05) is 5.92 Å². The van der Waals surface area contributed by atoms with E-state index in [9.17, 15) is 0 Å². The maximum absolute atomic E-state index is 5.84. The molecular weight excluding hydrogens is 246 g/mol. The highest BCUT2D eigenvalue weighted by Crippen LogP contribution is 2.36. The van der Waals surface area contributed by atoms with E-state index >= 15 is 0 Å². The predicted molar refractivity (Wildman–Crippen MR) is 82.8 cm³/mol. The zero-order chi connectivity index (χ0) is 14.0. The Balaban J connectivity index is 2.06. The Bertz CT molecular complexity index is 567. The van der Waals surface area contributed by atoms with Crippen molar-refractivity contribution in [3.63, 3.8) is 0 Å². The number of nitrogens with zero attached hydrogens (tertiary/aromatic N) is 1. The number of guanidine groups is 1. The van der Waals surface area contributed by atoms with E-state index in [1.54, 1.807) is 0 Å². The van der Waals surface area contributed by atoms with E-state index in [1.807, 2.05) is 12.1 Å². The average Bonchev–Trinajstić information content (AvgIpc) is 2.81. The Morgan fingerprint density at radius 2 is 1.50 bits per heavy atom. The second kappa shape index (κ2) is 5.00. The summed E-state index contributed by atoms with van der Waals surface area (Å²) in [6.45, 7) is 2.87. The van der Waals surface area contributed by atoms with Crippen LogP contribution in [0.2, 0.25) is 0 Å². The van der Waals surface area contributed by atoms with Crippen molar-refractivity contribution in [3.8, 4) is 0 Å². The molecule has 3 nitrogen and oxygen atoms in total. The average molecular weight is 265 g/mol. The number of hydrogen-bond donors (Lipinski definition) is 2. The molecule has 1 heterocycles. The predicted octanol–water partition coefficient (Wildman–Crippen LogP) is 2.50. The molecule has 0 spiro atoms. The number of nitrogens with two attached hydrogens (primary N) is 1.